The van der Waals surface area contributed by atoms with Crippen molar-refractivity contribution in [3.05, 3.63) is 88.6 Å². The van der Waals surface area contributed by atoms with Gasteiger partial charge >= 0.3 is 0 Å². The van der Waals surface area contributed by atoms with E-state index in [1.165, 1.54) is 0 Å². The third kappa shape index (κ3) is 4.19. The van der Waals surface area contributed by atoms with Gasteiger partial charge in [0.25, 0.3) is 5.91 Å². The molecule has 0 spiro atoms. The standard InChI is InChI=1S/C25H23N3O3/c1-2-15-26-25(31)17-11-13-18(14-12-17)27-23(29)16-28-21-9-5-3-7-19(21)24(30)20-8-4-6-10-22(20)28/h3-14H,2,15-16H2,1H3,(H,26,31)(H,27,29). The van der Waals surface area contributed by atoms with Gasteiger partial charge in [-0.25, -0.2) is 0 Å². The summed E-state index contributed by atoms with van der Waals surface area (Å²) in [6.07, 6.45) is 0.869. The zero-order valence-corrected chi connectivity index (χ0v) is 17.2. The van der Waals surface area contributed by atoms with Crippen LogP contribution in [-0.4, -0.2) is 22.9 Å². The smallest absolute Gasteiger partial charge is 0.251 e. The van der Waals surface area contributed by atoms with Gasteiger partial charge in [0, 0.05) is 28.6 Å². The highest BCUT2D eigenvalue weighted by Gasteiger charge is 2.13. The summed E-state index contributed by atoms with van der Waals surface area (Å²) < 4.78 is 1.86. The molecule has 4 aromatic rings. The number of hydrogen-bond acceptors (Lipinski definition) is 3. The molecular formula is C25H23N3O3. The van der Waals surface area contributed by atoms with Gasteiger partial charge in [-0.2, -0.15) is 0 Å². The molecule has 1 heterocycles. The molecule has 0 aliphatic rings. The van der Waals surface area contributed by atoms with Gasteiger partial charge in [0.05, 0.1) is 11.0 Å². The van der Waals surface area contributed by atoms with Crippen LogP contribution in [0.25, 0.3) is 21.8 Å². The predicted molar refractivity (Wildman–Crippen MR) is 123 cm³/mol. The lowest BCUT2D eigenvalue weighted by Gasteiger charge is -2.15. The second-order valence-corrected chi connectivity index (χ2v) is 7.33. The van der Waals surface area contributed by atoms with Crippen molar-refractivity contribution in [2.24, 2.45) is 0 Å². The number of aromatic nitrogens is 1. The molecule has 1 aromatic heterocycles. The number of hydrogen-bond donors (Lipinski definition) is 2. The highest BCUT2D eigenvalue weighted by molar-refractivity contribution is 5.98. The van der Waals surface area contributed by atoms with Crippen molar-refractivity contribution >= 4 is 39.3 Å². The molecule has 6 nitrogen and oxygen atoms in total. The first-order valence-electron chi connectivity index (χ1n) is 10.3. The molecule has 0 aliphatic carbocycles. The molecule has 0 fully saturated rings. The molecule has 0 aliphatic heterocycles. The Bertz CT molecular complexity index is 1260. The SMILES string of the molecule is CCCNC(=O)c1ccc(NC(=O)Cn2c3ccccc3c(=O)c3ccccc32)cc1. The fourth-order valence-electron chi connectivity index (χ4n) is 3.64. The monoisotopic (exact) mass is 413 g/mol. The minimum absolute atomic E-state index is 0.0419. The van der Waals surface area contributed by atoms with E-state index in [-0.39, 0.29) is 23.8 Å². The zero-order chi connectivity index (χ0) is 21.8. The highest BCUT2D eigenvalue weighted by atomic mass is 16.2. The molecule has 0 unspecified atom stereocenters. The van der Waals surface area contributed by atoms with Crippen molar-refractivity contribution in [1.82, 2.24) is 9.88 Å². The Balaban J connectivity index is 1.60. The molecule has 31 heavy (non-hydrogen) atoms. The molecule has 2 N–H and O–H groups in total. The Kier molecular flexibility index (Phi) is 5.80. The lowest BCUT2D eigenvalue weighted by atomic mass is 10.1. The summed E-state index contributed by atoms with van der Waals surface area (Å²) in [4.78, 5) is 37.7. The normalized spacial score (nSPS) is 10.9. The number of anilines is 1. The van der Waals surface area contributed by atoms with Gasteiger partial charge in [-0.05, 0) is 55.0 Å². The number of pyridine rings is 1. The molecule has 4 rings (SSSR count). The summed E-state index contributed by atoms with van der Waals surface area (Å²) in [5, 5.41) is 6.86. The molecule has 0 saturated carbocycles. The average molecular weight is 413 g/mol. The van der Waals surface area contributed by atoms with Crippen LogP contribution in [-0.2, 0) is 11.3 Å². The summed E-state index contributed by atoms with van der Waals surface area (Å²) in [6.45, 7) is 2.67. The van der Waals surface area contributed by atoms with E-state index in [0.717, 1.165) is 6.42 Å². The number of rotatable bonds is 6. The van der Waals surface area contributed by atoms with Crippen molar-refractivity contribution in [2.75, 3.05) is 11.9 Å². The molecular weight excluding hydrogens is 390 g/mol. The summed E-state index contributed by atoms with van der Waals surface area (Å²) in [5.41, 5.74) is 2.53. The molecule has 0 bridgehead atoms. The van der Waals surface area contributed by atoms with E-state index in [2.05, 4.69) is 10.6 Å². The second-order valence-electron chi connectivity index (χ2n) is 7.33. The molecule has 6 heteroatoms. The lowest BCUT2D eigenvalue weighted by molar-refractivity contribution is -0.116. The Morgan fingerprint density at radius 3 is 2.00 bits per heavy atom. The first-order valence-corrected chi connectivity index (χ1v) is 10.3. The minimum Gasteiger partial charge on any atom is -0.352 e. The van der Waals surface area contributed by atoms with Crippen molar-refractivity contribution in [1.29, 1.82) is 0 Å². The van der Waals surface area contributed by atoms with Crippen LogP contribution in [0.15, 0.2) is 77.6 Å². The van der Waals surface area contributed by atoms with Crippen LogP contribution >= 0.6 is 0 Å². The number of nitrogens with zero attached hydrogens (tertiary/aromatic N) is 1. The second kappa shape index (κ2) is 8.83. The van der Waals surface area contributed by atoms with E-state index in [1.807, 2.05) is 47.9 Å². The van der Waals surface area contributed by atoms with Gasteiger partial charge in [0.15, 0.2) is 5.43 Å². The molecule has 0 atom stereocenters. The van der Waals surface area contributed by atoms with Gasteiger partial charge in [0.2, 0.25) is 5.91 Å². The Labute approximate surface area is 179 Å². The molecule has 0 saturated heterocycles. The van der Waals surface area contributed by atoms with E-state index in [9.17, 15) is 14.4 Å². The van der Waals surface area contributed by atoms with E-state index in [0.29, 0.717) is 39.6 Å². The third-order valence-electron chi connectivity index (χ3n) is 5.15. The number of para-hydroxylation sites is 2. The number of benzene rings is 3. The van der Waals surface area contributed by atoms with Gasteiger partial charge in [0.1, 0.15) is 6.54 Å². The zero-order valence-electron chi connectivity index (χ0n) is 17.2. The summed E-state index contributed by atoms with van der Waals surface area (Å²) in [5.74, 6) is -0.354. The first kappa shape index (κ1) is 20.3. The van der Waals surface area contributed by atoms with Crippen molar-refractivity contribution < 1.29 is 9.59 Å². The highest BCUT2D eigenvalue weighted by Crippen LogP contribution is 2.19. The number of carbonyl (C=O) groups excluding carboxylic acids is 2. The van der Waals surface area contributed by atoms with E-state index >= 15 is 0 Å². The van der Waals surface area contributed by atoms with Crippen LogP contribution < -0.4 is 16.1 Å². The van der Waals surface area contributed by atoms with Crippen molar-refractivity contribution in [3.63, 3.8) is 0 Å². The number of carbonyl (C=O) groups is 2. The van der Waals surface area contributed by atoms with Gasteiger partial charge in [-0.15, -0.1) is 0 Å². The van der Waals surface area contributed by atoms with E-state index in [1.54, 1.807) is 36.4 Å². The maximum absolute atomic E-state index is 12.8. The molecule has 156 valence electrons. The maximum Gasteiger partial charge on any atom is 0.251 e. The summed E-state index contributed by atoms with van der Waals surface area (Å²) >= 11 is 0. The number of nitrogens with one attached hydrogen (secondary N) is 2. The first-order chi connectivity index (χ1) is 15.1. The Hall–Kier alpha value is -3.93. The third-order valence-corrected chi connectivity index (χ3v) is 5.15. The quantitative estimate of drug-likeness (QED) is 0.470. The van der Waals surface area contributed by atoms with Crippen LogP contribution in [0.2, 0.25) is 0 Å². The predicted octanol–water partition coefficient (Wildman–Crippen LogP) is 3.93. The van der Waals surface area contributed by atoms with Gasteiger partial charge in [-0.3, -0.25) is 14.4 Å². The topological polar surface area (TPSA) is 80.2 Å². The summed E-state index contributed by atoms with van der Waals surface area (Å²) in [6, 6.07) is 21.4. The summed E-state index contributed by atoms with van der Waals surface area (Å²) in [7, 11) is 0. The maximum atomic E-state index is 12.8. The molecule has 3 aromatic carbocycles. The number of amides is 2. The van der Waals surface area contributed by atoms with Crippen LogP contribution in [0.1, 0.15) is 23.7 Å². The van der Waals surface area contributed by atoms with E-state index < -0.39 is 0 Å². The van der Waals surface area contributed by atoms with Crippen LogP contribution in [0.5, 0.6) is 0 Å². The van der Waals surface area contributed by atoms with E-state index in [4.69, 9.17) is 0 Å². The Morgan fingerprint density at radius 2 is 1.42 bits per heavy atom. The molecule has 0 radical (unpaired) electrons. The minimum atomic E-state index is -0.220. The van der Waals surface area contributed by atoms with Crippen LogP contribution in [0.3, 0.4) is 0 Å². The average Bonchev–Trinajstić information content (AvgIpc) is 2.80. The van der Waals surface area contributed by atoms with Gasteiger partial charge < -0.3 is 15.2 Å². The fourth-order valence-corrected chi connectivity index (χ4v) is 3.64. The number of fused-ring (bicyclic) bond motifs is 2. The molecule has 2 amide bonds. The lowest BCUT2D eigenvalue weighted by Crippen LogP contribution is -2.24. The Morgan fingerprint density at radius 1 is 0.839 bits per heavy atom. The fraction of sp³-hybridized carbons (Fsp3) is 0.160. The van der Waals surface area contributed by atoms with Crippen LogP contribution in [0.4, 0.5) is 5.69 Å². The van der Waals surface area contributed by atoms with Crippen molar-refractivity contribution in [2.45, 2.75) is 19.9 Å². The van der Waals surface area contributed by atoms with Gasteiger partial charge in [-0.1, -0.05) is 31.2 Å². The largest absolute Gasteiger partial charge is 0.352 e. The van der Waals surface area contributed by atoms with Crippen LogP contribution in [0, 0.1) is 0 Å². The van der Waals surface area contributed by atoms with Crippen molar-refractivity contribution in [3.8, 4) is 0 Å².